The zero-order chi connectivity index (χ0) is 21.1. The second-order valence-corrected chi connectivity index (χ2v) is 7.24. The third kappa shape index (κ3) is 8.69. The molecule has 2 atom stereocenters. The Morgan fingerprint density at radius 1 is 1.26 bits per heavy atom. The molecule has 8 heteroatoms. The van der Waals surface area contributed by atoms with Crippen molar-refractivity contribution in [1.29, 1.82) is 5.26 Å². The van der Waals surface area contributed by atoms with Crippen LogP contribution >= 0.6 is 0 Å². The summed E-state index contributed by atoms with van der Waals surface area (Å²) in [6.07, 6.45) is 1.16. The molecule has 156 valence electrons. The number of amides is 1. The number of nitriles is 1. The van der Waals surface area contributed by atoms with Crippen molar-refractivity contribution in [2.45, 2.75) is 78.6 Å². The minimum atomic E-state index is -0.984. The van der Waals surface area contributed by atoms with Crippen LogP contribution in [0.3, 0.4) is 0 Å². The molecule has 0 saturated carbocycles. The number of piperidine rings is 1. The van der Waals surface area contributed by atoms with Crippen molar-refractivity contribution in [2.24, 2.45) is 0 Å². The van der Waals surface area contributed by atoms with Crippen molar-refractivity contribution in [2.75, 3.05) is 26.7 Å². The molecular weight excluding hydrogens is 348 g/mol. The lowest BCUT2D eigenvalue weighted by molar-refractivity contribution is -0.192. The number of hydrogen-bond donors (Lipinski definition) is 1. The predicted octanol–water partition coefficient (Wildman–Crippen LogP) is 1.96. The fraction of sp³-hybridized carbons (Fsp3) is 0.842. The SMILES string of the molecule is CCN(C(C)C)C(C)C.CON(C(C)=O)[C@@H]1CC[C@@H](C#N)N(CC(=O)O)C1. The van der Waals surface area contributed by atoms with E-state index < -0.39 is 12.0 Å². The first kappa shape index (κ1) is 25.3. The Morgan fingerprint density at radius 2 is 1.81 bits per heavy atom. The Kier molecular flexibility index (Phi) is 11.9. The van der Waals surface area contributed by atoms with E-state index in [1.807, 2.05) is 0 Å². The fourth-order valence-electron chi connectivity index (χ4n) is 3.57. The number of carbonyl (C=O) groups is 2. The van der Waals surface area contributed by atoms with Crippen LogP contribution in [0, 0.1) is 11.3 Å². The standard InChI is InChI=1S/C11H17N3O4.C8H19N/c1-8(15)14(18-2)10-4-3-9(5-12)13(6-10)7-11(16)17;1-6-9(7(2)3)8(4)5/h9-10H,3-4,6-7H2,1-2H3,(H,16,17);7-8H,6H2,1-5H3/t9-,10+;/m0./s1. The smallest absolute Gasteiger partial charge is 0.317 e. The molecule has 1 heterocycles. The zero-order valence-electron chi connectivity index (χ0n) is 17.8. The van der Waals surface area contributed by atoms with E-state index >= 15 is 0 Å². The molecule has 1 saturated heterocycles. The van der Waals surface area contributed by atoms with Gasteiger partial charge in [0.25, 0.3) is 0 Å². The van der Waals surface area contributed by atoms with Crippen LogP contribution in [0.15, 0.2) is 0 Å². The van der Waals surface area contributed by atoms with Gasteiger partial charge < -0.3 is 5.11 Å². The van der Waals surface area contributed by atoms with E-state index in [0.717, 1.165) is 6.54 Å². The molecule has 1 amide bonds. The van der Waals surface area contributed by atoms with Gasteiger partial charge in [0.2, 0.25) is 5.91 Å². The highest BCUT2D eigenvalue weighted by molar-refractivity contribution is 5.72. The molecule has 1 N–H and O–H groups in total. The van der Waals surface area contributed by atoms with Crippen molar-refractivity contribution >= 4 is 11.9 Å². The summed E-state index contributed by atoms with van der Waals surface area (Å²) in [5.41, 5.74) is 0. The highest BCUT2D eigenvalue weighted by Crippen LogP contribution is 2.21. The second-order valence-electron chi connectivity index (χ2n) is 7.24. The number of hydrogen-bond acceptors (Lipinski definition) is 6. The summed E-state index contributed by atoms with van der Waals surface area (Å²) in [7, 11) is 1.40. The first-order valence-corrected chi connectivity index (χ1v) is 9.53. The molecule has 0 spiro atoms. The first-order chi connectivity index (χ1) is 12.6. The molecule has 0 aliphatic carbocycles. The van der Waals surface area contributed by atoms with Crippen LogP contribution < -0.4 is 0 Å². The number of carbonyl (C=O) groups excluding carboxylic acids is 1. The number of carboxylic acid groups (broad SMARTS) is 1. The minimum Gasteiger partial charge on any atom is -0.480 e. The highest BCUT2D eigenvalue weighted by atomic mass is 16.7. The van der Waals surface area contributed by atoms with Gasteiger partial charge in [-0.3, -0.25) is 24.2 Å². The Morgan fingerprint density at radius 3 is 2.11 bits per heavy atom. The van der Waals surface area contributed by atoms with Crippen molar-refractivity contribution in [3.05, 3.63) is 0 Å². The Labute approximate surface area is 163 Å². The summed E-state index contributed by atoms with van der Waals surface area (Å²) < 4.78 is 0. The van der Waals surface area contributed by atoms with E-state index in [-0.39, 0.29) is 18.5 Å². The van der Waals surface area contributed by atoms with Crippen molar-refractivity contribution in [3.63, 3.8) is 0 Å². The third-order valence-electron chi connectivity index (χ3n) is 4.68. The number of nitrogens with zero attached hydrogens (tertiary/aromatic N) is 4. The van der Waals surface area contributed by atoms with Crippen LogP contribution in [0.25, 0.3) is 0 Å². The Balaban J connectivity index is 0.000000636. The van der Waals surface area contributed by atoms with Gasteiger partial charge in [-0.25, -0.2) is 5.06 Å². The summed E-state index contributed by atoms with van der Waals surface area (Å²) in [5, 5.41) is 19.0. The van der Waals surface area contributed by atoms with Gasteiger partial charge in [-0.05, 0) is 47.1 Å². The average molecular weight is 385 g/mol. The third-order valence-corrected chi connectivity index (χ3v) is 4.68. The van der Waals surface area contributed by atoms with Crippen molar-refractivity contribution in [3.8, 4) is 6.07 Å². The van der Waals surface area contributed by atoms with Gasteiger partial charge in [0.15, 0.2) is 0 Å². The van der Waals surface area contributed by atoms with E-state index in [1.54, 1.807) is 4.90 Å². The van der Waals surface area contributed by atoms with E-state index in [4.69, 9.17) is 15.2 Å². The Bertz CT molecular complexity index is 496. The van der Waals surface area contributed by atoms with Crippen LogP contribution in [0.1, 0.15) is 54.4 Å². The van der Waals surface area contributed by atoms with E-state index in [1.165, 1.54) is 19.1 Å². The molecule has 0 aromatic heterocycles. The molecule has 8 nitrogen and oxygen atoms in total. The molecule has 0 unspecified atom stereocenters. The van der Waals surface area contributed by atoms with E-state index in [2.05, 4.69) is 45.6 Å². The first-order valence-electron chi connectivity index (χ1n) is 9.53. The maximum atomic E-state index is 11.4. The quantitative estimate of drug-likeness (QED) is 0.670. The average Bonchev–Trinajstić information content (AvgIpc) is 2.55. The van der Waals surface area contributed by atoms with Gasteiger partial charge in [0, 0.05) is 25.6 Å². The van der Waals surface area contributed by atoms with Gasteiger partial charge in [-0.2, -0.15) is 5.26 Å². The largest absolute Gasteiger partial charge is 0.480 e. The van der Waals surface area contributed by atoms with Gasteiger partial charge in [0.1, 0.15) is 0 Å². The molecule has 0 aromatic rings. The molecule has 0 aromatic carbocycles. The van der Waals surface area contributed by atoms with Gasteiger partial charge in [0.05, 0.1) is 31.8 Å². The van der Waals surface area contributed by atoms with Gasteiger partial charge >= 0.3 is 5.97 Å². The molecular formula is C19H36N4O4. The topological polar surface area (TPSA) is 97.1 Å². The molecule has 0 bridgehead atoms. The summed E-state index contributed by atoms with van der Waals surface area (Å²) in [6, 6.07) is 2.84. The molecule has 1 fully saturated rings. The van der Waals surface area contributed by atoms with Crippen molar-refractivity contribution < 1.29 is 19.5 Å². The maximum absolute atomic E-state index is 11.4. The van der Waals surface area contributed by atoms with E-state index in [9.17, 15) is 9.59 Å². The monoisotopic (exact) mass is 384 g/mol. The van der Waals surface area contributed by atoms with Gasteiger partial charge in [-0.1, -0.05) is 6.92 Å². The van der Waals surface area contributed by atoms with Crippen LogP contribution in [0.4, 0.5) is 0 Å². The molecule has 0 radical (unpaired) electrons. The number of hydroxylamine groups is 2. The van der Waals surface area contributed by atoms with Gasteiger partial charge in [-0.15, -0.1) is 0 Å². The Hall–Kier alpha value is -1.69. The number of likely N-dealkylation sites (tertiary alicyclic amines) is 1. The number of carboxylic acids is 1. The van der Waals surface area contributed by atoms with Crippen LogP contribution in [0.2, 0.25) is 0 Å². The van der Waals surface area contributed by atoms with E-state index in [0.29, 0.717) is 31.5 Å². The van der Waals surface area contributed by atoms with Crippen LogP contribution in [-0.2, 0) is 14.4 Å². The summed E-state index contributed by atoms with van der Waals surface area (Å²) >= 11 is 0. The lowest BCUT2D eigenvalue weighted by atomic mass is 9.98. The minimum absolute atomic E-state index is 0.204. The molecule has 1 aliphatic rings. The van der Waals surface area contributed by atoms with Crippen molar-refractivity contribution in [1.82, 2.24) is 14.9 Å². The number of aliphatic carboxylic acids is 1. The van der Waals surface area contributed by atoms with Crippen LogP contribution in [-0.4, -0.2) is 82.8 Å². The summed E-state index contributed by atoms with van der Waals surface area (Å²) in [6.45, 7) is 13.8. The second kappa shape index (κ2) is 12.7. The molecule has 1 aliphatic heterocycles. The lowest BCUT2D eigenvalue weighted by Gasteiger charge is -2.39. The number of rotatable bonds is 7. The molecule has 27 heavy (non-hydrogen) atoms. The molecule has 1 rings (SSSR count). The summed E-state index contributed by atoms with van der Waals surface area (Å²) in [4.78, 5) is 31.1. The normalized spacial score (nSPS) is 20.2. The highest BCUT2D eigenvalue weighted by Gasteiger charge is 2.33. The fourth-order valence-corrected chi connectivity index (χ4v) is 3.57. The maximum Gasteiger partial charge on any atom is 0.317 e. The predicted molar refractivity (Wildman–Crippen MR) is 104 cm³/mol. The van der Waals surface area contributed by atoms with Crippen LogP contribution in [0.5, 0.6) is 0 Å². The zero-order valence-corrected chi connectivity index (χ0v) is 17.8. The summed E-state index contributed by atoms with van der Waals surface area (Å²) in [5.74, 6) is -1.21. The lowest BCUT2D eigenvalue weighted by Crippen LogP contribution is -2.53.